The van der Waals surface area contributed by atoms with E-state index in [1.54, 1.807) is 6.92 Å². The summed E-state index contributed by atoms with van der Waals surface area (Å²) in [6.07, 6.45) is -14.8. The van der Waals surface area contributed by atoms with Crippen molar-refractivity contribution < 1.29 is 218 Å². The molecule has 0 aliphatic heterocycles. The second kappa shape index (κ2) is 25.9. The highest BCUT2D eigenvalue weighted by Crippen LogP contribution is 2.86. The zero-order valence-corrected chi connectivity index (χ0v) is 52.8. The van der Waals surface area contributed by atoms with Crippen LogP contribution in [0.25, 0.3) is 0 Å². The molecule has 11 fully saturated rings. The van der Waals surface area contributed by atoms with Crippen molar-refractivity contribution >= 4 is 0 Å². The zero-order chi connectivity index (χ0) is 81.3. The number of hydrogen-bond donors (Lipinski definition) is 1. The van der Waals surface area contributed by atoms with Crippen molar-refractivity contribution in [3.63, 3.8) is 0 Å². The number of halogens is 42. The van der Waals surface area contributed by atoms with Crippen LogP contribution in [0.2, 0.25) is 0 Å². The van der Waals surface area contributed by atoms with E-state index in [2.05, 4.69) is 14.2 Å². The van der Waals surface area contributed by atoms with Gasteiger partial charge >= 0.3 is 107 Å². The Morgan fingerprint density at radius 1 is 0.375 bits per heavy atom. The maximum absolute atomic E-state index is 15.0. The summed E-state index contributed by atoms with van der Waals surface area (Å²) >= 11 is 0. The third kappa shape index (κ3) is 10.7. The van der Waals surface area contributed by atoms with Gasteiger partial charge in [-0.25, -0.2) is 26.3 Å². The van der Waals surface area contributed by atoms with Crippen molar-refractivity contribution in [3.05, 3.63) is 0 Å². The van der Waals surface area contributed by atoms with Gasteiger partial charge < -0.3 is 33.5 Å². The first-order valence-corrected chi connectivity index (χ1v) is 30.4. The average molecular weight is 1630 g/mol. The molecule has 0 heterocycles. The van der Waals surface area contributed by atoms with Crippen molar-refractivity contribution in [2.45, 2.75) is 269 Å². The minimum absolute atomic E-state index is 0.00691. The first kappa shape index (κ1) is 89.7. The Bertz CT molecular complexity index is 2910. The molecule has 0 saturated heterocycles. The standard InChI is InChI=1S/C19H21F11O2.C14H10F14O2.C13H20F6O2.C9H7F11O/c1-2-31-12-4-10-3-11(5-12)7-13(6-10,8-12)32-9-14(20)15(21,22)17(25,26)19(29,30)18(27,28)16(14,23)24;1-2-29-3-4-30-9-12(23,24)6(16)5(15)7(17,13(9,25)26)11(21,22)8(18,10(6,19)20)14(9,27)28;1-2-21-10(9-6-4-3-5-7-9)8-11(20,12(14,15)16)13(17,18)19;1-2-21-3-4(10)5(11,12)7(15,16)9(19,20)8(17,18)6(4,13)14/h10-11H,2-9H2,1H3;5H,2-4H2,1H3;9-10,20H,2-8H2,1H3;2-3H2,1H3. The molecule has 0 radical (unpaired) electrons. The third-order valence-corrected chi connectivity index (χ3v) is 20.5. The van der Waals surface area contributed by atoms with Gasteiger partial charge in [-0.05, 0) is 90.4 Å². The Kier molecular flexibility index (Phi) is 22.4. The largest absolute Gasteiger partial charge is 0.426 e. The highest BCUT2D eigenvalue weighted by atomic mass is 19.4. The van der Waals surface area contributed by atoms with Crippen LogP contribution in [0.3, 0.4) is 0 Å². The Morgan fingerprint density at radius 3 is 1.06 bits per heavy atom. The molecule has 0 amide bonds. The molecule has 5 unspecified atom stereocenters. The monoisotopic (exact) mass is 1630 g/mol. The van der Waals surface area contributed by atoms with Gasteiger partial charge in [-0.2, -0.15) is 158 Å². The van der Waals surface area contributed by atoms with Gasteiger partial charge in [0.1, 0.15) is 0 Å². The minimum Gasteiger partial charge on any atom is -0.379 e. The highest BCUT2D eigenvalue weighted by molar-refractivity contribution is 5.53. The van der Waals surface area contributed by atoms with Crippen LogP contribution in [-0.2, 0) is 28.4 Å². The smallest absolute Gasteiger partial charge is 0.379 e. The van der Waals surface area contributed by atoms with Crippen molar-refractivity contribution in [1.29, 1.82) is 0 Å². The quantitative estimate of drug-likeness (QED) is 0.108. The molecule has 104 heavy (non-hydrogen) atoms. The summed E-state index contributed by atoms with van der Waals surface area (Å²) in [5, 5.41) is 9.28. The first-order valence-electron chi connectivity index (χ1n) is 30.4. The van der Waals surface area contributed by atoms with Crippen LogP contribution >= 0.6 is 0 Å². The predicted octanol–water partition coefficient (Wildman–Crippen LogP) is 18.6. The number of alkyl halides is 42. The highest BCUT2D eigenvalue weighted by Gasteiger charge is 3.20. The van der Waals surface area contributed by atoms with Crippen LogP contribution < -0.4 is 0 Å². The van der Waals surface area contributed by atoms with Crippen molar-refractivity contribution in [1.82, 2.24) is 0 Å². The van der Waals surface area contributed by atoms with E-state index in [1.807, 2.05) is 0 Å². The fourth-order valence-corrected chi connectivity index (χ4v) is 15.3. The lowest BCUT2D eigenvalue weighted by Crippen LogP contribution is -3.08. The van der Waals surface area contributed by atoms with Crippen LogP contribution in [-0.4, -0.2) is 222 Å². The van der Waals surface area contributed by atoms with E-state index in [0.29, 0.717) is 32.1 Å². The lowest BCUT2D eigenvalue weighted by molar-refractivity contribution is -0.593. The summed E-state index contributed by atoms with van der Waals surface area (Å²) in [7, 11) is 0. The van der Waals surface area contributed by atoms with Gasteiger partial charge in [-0.3, -0.25) is 0 Å². The molecule has 7 nitrogen and oxygen atoms in total. The fourth-order valence-electron chi connectivity index (χ4n) is 15.3. The second-order valence-electron chi connectivity index (χ2n) is 26.5. The van der Waals surface area contributed by atoms with Crippen LogP contribution in [0, 0.1) is 17.8 Å². The molecule has 0 spiro atoms. The van der Waals surface area contributed by atoms with Gasteiger partial charge in [-0.1, -0.05) is 19.3 Å². The lowest BCUT2D eigenvalue weighted by Gasteiger charge is -2.73. The topological polar surface area (TPSA) is 75.6 Å². The molecule has 5 atom stereocenters. The number of ether oxygens (including phenoxy) is 6. The fraction of sp³-hybridized carbons (Fsp3) is 1.00. The maximum Gasteiger partial charge on any atom is 0.426 e. The molecular formula is C55H58F42O7. The summed E-state index contributed by atoms with van der Waals surface area (Å²) in [5.41, 5.74) is -46.9. The van der Waals surface area contributed by atoms with Crippen LogP contribution in [0.1, 0.15) is 105 Å². The average Bonchev–Trinajstić information content (AvgIpc) is 0.593. The van der Waals surface area contributed by atoms with E-state index in [-0.39, 0.29) is 56.8 Å². The van der Waals surface area contributed by atoms with E-state index in [0.717, 1.165) is 26.2 Å². The van der Waals surface area contributed by atoms with Crippen molar-refractivity contribution in [3.8, 4) is 0 Å². The van der Waals surface area contributed by atoms with Crippen LogP contribution in [0.15, 0.2) is 0 Å². The molecule has 0 aromatic rings. The summed E-state index contributed by atoms with van der Waals surface area (Å²) in [5.74, 6) is -107. The summed E-state index contributed by atoms with van der Waals surface area (Å²) in [6, 6.07) is 0. The molecular weight excluding hydrogens is 1570 g/mol. The normalized spacial score (nSPS) is 37.9. The molecule has 11 rings (SSSR count). The molecule has 49 heteroatoms. The second-order valence-corrected chi connectivity index (χ2v) is 26.5. The lowest BCUT2D eigenvalue weighted by atomic mass is 9.41. The van der Waals surface area contributed by atoms with Gasteiger partial charge in [0.15, 0.2) is 6.17 Å². The Balaban J connectivity index is 0.000000222. The van der Waals surface area contributed by atoms with Gasteiger partial charge in [-0.15, -0.1) is 0 Å². The van der Waals surface area contributed by atoms with E-state index < -0.39 is 204 Å². The van der Waals surface area contributed by atoms with Gasteiger partial charge in [0, 0.05) is 39.3 Å². The molecule has 614 valence electrons. The summed E-state index contributed by atoms with van der Waals surface area (Å²) in [6.45, 7) is -3.84. The number of hydrogen-bond acceptors (Lipinski definition) is 7. The molecule has 1 N–H and O–H groups in total. The van der Waals surface area contributed by atoms with E-state index in [4.69, 9.17) is 14.2 Å². The zero-order valence-electron chi connectivity index (χ0n) is 52.8. The Morgan fingerprint density at radius 2 is 0.721 bits per heavy atom. The van der Waals surface area contributed by atoms with Gasteiger partial charge in [0.2, 0.25) is 0 Å². The molecule has 11 saturated carbocycles. The van der Waals surface area contributed by atoms with Gasteiger partial charge in [0.25, 0.3) is 33.9 Å². The molecule has 11 aliphatic rings. The van der Waals surface area contributed by atoms with Crippen molar-refractivity contribution in [2.75, 3.05) is 52.9 Å². The Hall–Kier alpha value is -3.22. The molecule has 11 aliphatic carbocycles. The minimum atomic E-state index is -7.38. The molecule has 0 aromatic carbocycles. The van der Waals surface area contributed by atoms with Crippen LogP contribution in [0.5, 0.6) is 0 Å². The van der Waals surface area contributed by atoms with Crippen molar-refractivity contribution in [2.24, 2.45) is 17.8 Å². The SMILES string of the molecule is CCOC(CC(O)(C(F)(F)F)C(F)(F)F)C1CCCCC1.CCOC12CC3CC(C1)CC(OCC1(F)C(F)(F)C(F)(F)C(F)(F)C(F)(F)C1(F)F)(C3)C2.CCOCC1(F)C(F)(F)C(F)(F)C(F)(F)C(F)(F)C1(F)F.CCOCCOC12C(F)(F)C3(F)C(F)C(F)(C(F)(F)C(F)(C3(F)F)C1(F)F)C2(F)F. The van der Waals surface area contributed by atoms with E-state index >= 15 is 4.39 Å². The number of aliphatic hydroxyl groups is 1. The predicted molar refractivity (Wildman–Crippen MR) is 261 cm³/mol. The summed E-state index contributed by atoms with van der Waals surface area (Å²) < 4.78 is 603. The van der Waals surface area contributed by atoms with E-state index in [1.165, 1.54) is 13.8 Å². The third-order valence-electron chi connectivity index (χ3n) is 20.5. The summed E-state index contributed by atoms with van der Waals surface area (Å²) in [4.78, 5) is 0. The first-order chi connectivity index (χ1) is 46.1. The maximum atomic E-state index is 15.0. The Labute approximate surface area is 557 Å². The van der Waals surface area contributed by atoms with E-state index in [9.17, 15) is 185 Å². The molecule has 0 aromatic heterocycles. The van der Waals surface area contributed by atoms with Gasteiger partial charge in [0.05, 0.1) is 43.7 Å². The molecule has 8 bridgehead atoms. The number of rotatable bonds is 18. The van der Waals surface area contributed by atoms with Crippen LogP contribution in [0.4, 0.5) is 184 Å².